The molecule has 2 aliphatic heterocycles. The maximum atomic E-state index is 12.9. The standard InChI is InChI=1S/C21H20F3NO3/c22-21(23,24)16-9-7-14(8-10-16)15-4-3-11-25(12-15)20(26)19-13-27-17-5-1-2-6-18(17)28-19/h1-2,5-10,15,19H,3-4,11-13H2. The molecular weight excluding hydrogens is 371 g/mol. The van der Waals surface area contributed by atoms with Gasteiger partial charge in [0.2, 0.25) is 6.10 Å². The van der Waals surface area contributed by atoms with Crippen molar-refractivity contribution in [3.05, 3.63) is 59.7 Å². The summed E-state index contributed by atoms with van der Waals surface area (Å²) in [6.45, 7) is 1.22. The van der Waals surface area contributed by atoms with E-state index in [0.29, 0.717) is 24.6 Å². The van der Waals surface area contributed by atoms with Gasteiger partial charge in [-0.05, 0) is 42.7 Å². The van der Waals surface area contributed by atoms with Crippen LogP contribution in [0, 0.1) is 0 Å². The van der Waals surface area contributed by atoms with Crippen molar-refractivity contribution in [2.75, 3.05) is 19.7 Å². The van der Waals surface area contributed by atoms with Crippen LogP contribution in [0.15, 0.2) is 48.5 Å². The Morgan fingerprint density at radius 1 is 1.04 bits per heavy atom. The molecule has 4 rings (SSSR count). The summed E-state index contributed by atoms with van der Waals surface area (Å²) in [7, 11) is 0. The first-order chi connectivity index (χ1) is 13.4. The van der Waals surface area contributed by atoms with Crippen LogP contribution in [-0.4, -0.2) is 36.6 Å². The predicted octanol–water partition coefficient (Wildman–Crippen LogP) is 4.25. The Morgan fingerprint density at radius 3 is 2.46 bits per heavy atom. The van der Waals surface area contributed by atoms with E-state index in [1.165, 1.54) is 12.1 Å². The van der Waals surface area contributed by atoms with E-state index < -0.39 is 17.8 Å². The van der Waals surface area contributed by atoms with Crippen LogP contribution < -0.4 is 9.47 Å². The van der Waals surface area contributed by atoms with E-state index in [9.17, 15) is 18.0 Å². The number of likely N-dealkylation sites (tertiary alicyclic amines) is 1. The fourth-order valence-electron chi connectivity index (χ4n) is 3.74. The molecule has 2 atom stereocenters. The Bertz CT molecular complexity index is 851. The molecule has 0 saturated carbocycles. The highest BCUT2D eigenvalue weighted by atomic mass is 19.4. The third kappa shape index (κ3) is 3.79. The van der Waals surface area contributed by atoms with Gasteiger partial charge in [-0.15, -0.1) is 0 Å². The topological polar surface area (TPSA) is 38.8 Å². The van der Waals surface area contributed by atoms with E-state index >= 15 is 0 Å². The second-order valence-electron chi connectivity index (χ2n) is 7.11. The number of rotatable bonds is 2. The Morgan fingerprint density at radius 2 is 1.75 bits per heavy atom. The Labute approximate surface area is 160 Å². The maximum absolute atomic E-state index is 12.9. The molecule has 2 aromatic carbocycles. The zero-order chi connectivity index (χ0) is 19.7. The van der Waals surface area contributed by atoms with Crippen LogP contribution in [0.4, 0.5) is 13.2 Å². The van der Waals surface area contributed by atoms with Gasteiger partial charge in [0.25, 0.3) is 5.91 Å². The van der Waals surface area contributed by atoms with E-state index in [1.807, 2.05) is 12.1 Å². The Balaban J connectivity index is 1.43. The van der Waals surface area contributed by atoms with Gasteiger partial charge in [0.1, 0.15) is 6.61 Å². The number of alkyl halides is 3. The summed E-state index contributed by atoms with van der Waals surface area (Å²) >= 11 is 0. The number of benzene rings is 2. The summed E-state index contributed by atoms with van der Waals surface area (Å²) in [5, 5.41) is 0. The molecule has 2 aliphatic rings. The van der Waals surface area contributed by atoms with E-state index in [1.54, 1.807) is 17.0 Å². The van der Waals surface area contributed by atoms with Crippen molar-refractivity contribution >= 4 is 5.91 Å². The lowest BCUT2D eigenvalue weighted by atomic mass is 9.90. The second-order valence-corrected chi connectivity index (χ2v) is 7.11. The first kappa shape index (κ1) is 18.7. The first-order valence-corrected chi connectivity index (χ1v) is 9.26. The van der Waals surface area contributed by atoms with Crippen molar-refractivity contribution < 1.29 is 27.4 Å². The fourth-order valence-corrected chi connectivity index (χ4v) is 3.74. The van der Waals surface area contributed by atoms with Crippen LogP contribution >= 0.6 is 0 Å². The molecule has 1 amide bonds. The van der Waals surface area contributed by atoms with Gasteiger partial charge < -0.3 is 14.4 Å². The lowest BCUT2D eigenvalue weighted by molar-refractivity contribution is -0.142. The smallest absolute Gasteiger partial charge is 0.416 e. The normalized spacial score (nSPS) is 22.0. The largest absolute Gasteiger partial charge is 0.485 e. The molecule has 0 radical (unpaired) electrons. The lowest BCUT2D eigenvalue weighted by Crippen LogP contribution is -2.49. The van der Waals surface area contributed by atoms with Crippen LogP contribution in [0.5, 0.6) is 11.5 Å². The number of amides is 1. The number of halogens is 3. The zero-order valence-electron chi connectivity index (χ0n) is 15.1. The average Bonchev–Trinajstić information content (AvgIpc) is 2.72. The summed E-state index contributed by atoms with van der Waals surface area (Å²) in [5.41, 5.74) is 0.156. The number of fused-ring (bicyclic) bond motifs is 1. The Kier molecular flexibility index (Phi) is 4.91. The molecule has 4 nitrogen and oxygen atoms in total. The molecule has 0 spiro atoms. The van der Waals surface area contributed by atoms with E-state index in [0.717, 1.165) is 30.5 Å². The molecule has 7 heteroatoms. The molecule has 2 unspecified atom stereocenters. The second kappa shape index (κ2) is 7.37. The molecule has 1 fully saturated rings. The highest BCUT2D eigenvalue weighted by Gasteiger charge is 2.34. The number of para-hydroxylation sites is 2. The molecule has 0 N–H and O–H groups in total. The monoisotopic (exact) mass is 391 g/mol. The molecule has 2 heterocycles. The maximum Gasteiger partial charge on any atom is 0.416 e. The number of carbonyl (C=O) groups excluding carboxylic acids is 1. The van der Waals surface area contributed by atoms with Crippen molar-refractivity contribution in [2.24, 2.45) is 0 Å². The fraction of sp³-hybridized carbons (Fsp3) is 0.381. The first-order valence-electron chi connectivity index (χ1n) is 9.26. The van der Waals surface area contributed by atoms with Gasteiger partial charge >= 0.3 is 6.18 Å². The number of carbonyl (C=O) groups is 1. The van der Waals surface area contributed by atoms with Crippen LogP contribution in [0.1, 0.15) is 29.9 Å². The number of hydrogen-bond acceptors (Lipinski definition) is 3. The quantitative estimate of drug-likeness (QED) is 0.768. The number of nitrogens with zero attached hydrogens (tertiary/aromatic N) is 1. The van der Waals surface area contributed by atoms with Gasteiger partial charge in [0.05, 0.1) is 5.56 Å². The van der Waals surface area contributed by atoms with Crippen LogP contribution in [0.25, 0.3) is 0 Å². The summed E-state index contributed by atoms with van der Waals surface area (Å²) in [6, 6.07) is 12.4. The summed E-state index contributed by atoms with van der Waals surface area (Å²) in [6.07, 6.45) is -3.43. The van der Waals surface area contributed by atoms with E-state index in [-0.39, 0.29) is 18.4 Å². The summed E-state index contributed by atoms with van der Waals surface area (Å²) < 4.78 is 49.7. The molecule has 2 aromatic rings. The molecule has 1 saturated heterocycles. The number of piperidine rings is 1. The molecule has 0 aliphatic carbocycles. The van der Waals surface area contributed by atoms with Gasteiger partial charge in [-0.3, -0.25) is 4.79 Å². The van der Waals surface area contributed by atoms with Gasteiger partial charge in [-0.1, -0.05) is 24.3 Å². The minimum atomic E-state index is -4.35. The van der Waals surface area contributed by atoms with Gasteiger partial charge in [-0.25, -0.2) is 0 Å². The van der Waals surface area contributed by atoms with Crippen LogP contribution in [0.3, 0.4) is 0 Å². The molecule has 148 valence electrons. The SMILES string of the molecule is O=C(C1COc2ccccc2O1)N1CCCC(c2ccc(C(F)(F)F)cc2)C1. The summed E-state index contributed by atoms with van der Waals surface area (Å²) in [4.78, 5) is 14.6. The minimum absolute atomic E-state index is 0.0109. The highest BCUT2D eigenvalue weighted by Crippen LogP contribution is 2.34. The predicted molar refractivity (Wildman–Crippen MR) is 96.4 cm³/mol. The average molecular weight is 391 g/mol. The van der Waals surface area contributed by atoms with Crippen molar-refractivity contribution in [1.29, 1.82) is 0 Å². The van der Waals surface area contributed by atoms with Gasteiger partial charge in [0.15, 0.2) is 11.5 Å². The van der Waals surface area contributed by atoms with Crippen LogP contribution in [-0.2, 0) is 11.0 Å². The summed E-state index contributed by atoms with van der Waals surface area (Å²) in [5.74, 6) is 1.03. The van der Waals surface area contributed by atoms with Crippen molar-refractivity contribution in [3.63, 3.8) is 0 Å². The van der Waals surface area contributed by atoms with Crippen molar-refractivity contribution in [2.45, 2.75) is 31.0 Å². The Hall–Kier alpha value is -2.70. The zero-order valence-corrected chi connectivity index (χ0v) is 15.1. The number of ether oxygens (including phenoxy) is 2. The minimum Gasteiger partial charge on any atom is -0.485 e. The van der Waals surface area contributed by atoms with Crippen LogP contribution in [0.2, 0.25) is 0 Å². The molecule has 0 aromatic heterocycles. The van der Waals surface area contributed by atoms with Gasteiger partial charge in [-0.2, -0.15) is 13.2 Å². The van der Waals surface area contributed by atoms with Crippen molar-refractivity contribution in [1.82, 2.24) is 4.90 Å². The highest BCUT2D eigenvalue weighted by molar-refractivity contribution is 5.82. The van der Waals surface area contributed by atoms with E-state index in [4.69, 9.17) is 9.47 Å². The van der Waals surface area contributed by atoms with E-state index in [2.05, 4.69) is 0 Å². The molecule has 28 heavy (non-hydrogen) atoms. The third-order valence-electron chi connectivity index (χ3n) is 5.23. The number of hydrogen-bond donors (Lipinski definition) is 0. The lowest BCUT2D eigenvalue weighted by Gasteiger charge is -2.36. The van der Waals surface area contributed by atoms with Gasteiger partial charge in [0, 0.05) is 19.0 Å². The molecular formula is C21H20F3NO3. The van der Waals surface area contributed by atoms with Crippen molar-refractivity contribution in [3.8, 4) is 11.5 Å². The third-order valence-corrected chi connectivity index (χ3v) is 5.23. The molecule has 0 bridgehead atoms.